The molecule has 1 aliphatic rings. The number of carbonyl (C=O) groups excluding carboxylic acids is 1. The number of amides is 2. The van der Waals surface area contributed by atoms with Gasteiger partial charge < -0.3 is 20.9 Å². The van der Waals surface area contributed by atoms with Gasteiger partial charge >= 0.3 is 6.03 Å². The molecule has 168 valence electrons. The smallest absolute Gasteiger partial charge is 0.321 e. The van der Waals surface area contributed by atoms with E-state index in [0.717, 1.165) is 62.0 Å². The molecule has 0 radical (unpaired) electrons. The molecule has 1 aliphatic heterocycles. The number of hydrogen-bond acceptors (Lipinski definition) is 3. The number of nitrogens with one attached hydrogen (secondary N) is 3. The zero-order valence-corrected chi connectivity index (χ0v) is 21.1. The summed E-state index contributed by atoms with van der Waals surface area (Å²) in [6.45, 7) is 5.94. The minimum atomic E-state index is -0.0147. The molecule has 2 aromatic rings. The van der Waals surface area contributed by atoms with Crippen molar-refractivity contribution in [1.29, 1.82) is 0 Å². The van der Waals surface area contributed by atoms with Gasteiger partial charge in [-0.1, -0.05) is 30.3 Å². The van der Waals surface area contributed by atoms with Gasteiger partial charge in [-0.15, -0.1) is 35.7 Å². The third-order valence-electron chi connectivity index (χ3n) is 4.74. The molecule has 0 atom stereocenters. The van der Waals surface area contributed by atoms with Crippen molar-refractivity contribution in [1.82, 2.24) is 15.5 Å². The van der Waals surface area contributed by atoms with Crippen molar-refractivity contribution in [3.05, 3.63) is 60.2 Å². The van der Waals surface area contributed by atoms with Crippen LogP contribution in [0.5, 0.6) is 0 Å². The Hall–Kier alpha value is -1.94. The number of rotatable bonds is 8. The lowest BCUT2D eigenvalue weighted by Gasteiger charge is -2.16. The fourth-order valence-corrected chi connectivity index (χ4v) is 4.03. The van der Waals surface area contributed by atoms with Crippen molar-refractivity contribution in [2.45, 2.75) is 31.2 Å². The van der Waals surface area contributed by atoms with Crippen LogP contribution in [0.25, 0.3) is 0 Å². The summed E-state index contributed by atoms with van der Waals surface area (Å²) in [4.78, 5) is 20.1. The van der Waals surface area contributed by atoms with Crippen LogP contribution in [0.3, 0.4) is 0 Å². The Morgan fingerprint density at radius 3 is 2.58 bits per heavy atom. The van der Waals surface area contributed by atoms with Gasteiger partial charge in [-0.05, 0) is 49.6 Å². The van der Waals surface area contributed by atoms with E-state index in [1.807, 2.05) is 47.0 Å². The quantitative estimate of drug-likeness (QED) is 0.145. The highest BCUT2D eigenvalue weighted by atomic mass is 127. The molecule has 3 N–H and O–H groups in total. The monoisotopic (exact) mass is 553 g/mol. The van der Waals surface area contributed by atoms with Gasteiger partial charge in [0.05, 0.1) is 6.54 Å². The Bertz CT molecular complexity index is 828. The topological polar surface area (TPSA) is 68.8 Å². The Morgan fingerprint density at radius 2 is 1.84 bits per heavy atom. The molecule has 0 spiro atoms. The zero-order valence-electron chi connectivity index (χ0n) is 18.0. The van der Waals surface area contributed by atoms with Crippen LogP contribution in [0, 0.1) is 0 Å². The largest absolute Gasteiger partial charge is 0.357 e. The molecule has 1 fully saturated rings. The predicted molar refractivity (Wildman–Crippen MR) is 142 cm³/mol. The summed E-state index contributed by atoms with van der Waals surface area (Å²) in [7, 11) is 0. The third-order valence-corrected chi connectivity index (χ3v) is 5.76. The lowest BCUT2D eigenvalue weighted by molar-refractivity contribution is 0.222. The van der Waals surface area contributed by atoms with Crippen molar-refractivity contribution < 1.29 is 4.79 Å². The number of benzene rings is 2. The van der Waals surface area contributed by atoms with Crippen LogP contribution in [0.2, 0.25) is 0 Å². The fraction of sp³-hybridized carbons (Fsp3) is 0.391. The first-order valence-corrected chi connectivity index (χ1v) is 11.6. The van der Waals surface area contributed by atoms with E-state index >= 15 is 0 Å². The molecule has 0 saturated carbocycles. The molecule has 31 heavy (non-hydrogen) atoms. The first kappa shape index (κ1) is 25.3. The molecule has 0 aliphatic carbocycles. The van der Waals surface area contributed by atoms with Crippen LogP contribution >= 0.6 is 35.7 Å². The van der Waals surface area contributed by atoms with E-state index in [4.69, 9.17) is 0 Å². The van der Waals surface area contributed by atoms with Crippen LogP contribution in [0.1, 0.15) is 25.3 Å². The van der Waals surface area contributed by atoms with Crippen molar-refractivity contribution in [2.24, 2.45) is 4.99 Å². The van der Waals surface area contributed by atoms with E-state index in [0.29, 0.717) is 6.54 Å². The maximum atomic E-state index is 12.3. The lowest BCUT2D eigenvalue weighted by atomic mass is 10.2. The molecule has 0 unspecified atom stereocenters. The number of likely N-dealkylation sites (tertiary alicyclic amines) is 1. The van der Waals surface area contributed by atoms with Gasteiger partial charge in [0.15, 0.2) is 5.96 Å². The molecule has 2 aromatic carbocycles. The minimum absolute atomic E-state index is 0. The van der Waals surface area contributed by atoms with Gasteiger partial charge in [0.25, 0.3) is 0 Å². The second-order valence-electron chi connectivity index (χ2n) is 7.11. The number of hydrogen-bond donors (Lipinski definition) is 3. The first-order chi connectivity index (χ1) is 14.7. The number of halogens is 1. The van der Waals surface area contributed by atoms with Crippen LogP contribution in [-0.4, -0.2) is 48.8 Å². The number of anilines is 1. The lowest BCUT2D eigenvalue weighted by Crippen LogP contribution is -2.38. The highest BCUT2D eigenvalue weighted by molar-refractivity contribution is 14.0. The molecule has 1 heterocycles. The predicted octanol–water partition coefficient (Wildman–Crippen LogP) is 4.78. The molecule has 0 bridgehead atoms. The van der Waals surface area contributed by atoms with Crippen molar-refractivity contribution in [2.75, 3.05) is 37.2 Å². The molecule has 6 nitrogen and oxygen atoms in total. The third kappa shape index (κ3) is 8.98. The Balaban J connectivity index is 0.00000341. The minimum Gasteiger partial charge on any atom is -0.357 e. The van der Waals surface area contributed by atoms with Gasteiger partial charge in [0.2, 0.25) is 0 Å². The Kier molecular flexibility index (Phi) is 11.6. The molecule has 3 rings (SSSR count). The molecule has 0 aromatic heterocycles. The second kappa shape index (κ2) is 14.2. The fourth-order valence-electron chi connectivity index (χ4n) is 3.24. The van der Waals surface area contributed by atoms with E-state index in [9.17, 15) is 4.79 Å². The van der Waals surface area contributed by atoms with E-state index in [1.54, 1.807) is 0 Å². The number of urea groups is 1. The summed E-state index contributed by atoms with van der Waals surface area (Å²) in [5, 5.41) is 9.67. The number of carbonyl (C=O) groups is 1. The van der Waals surface area contributed by atoms with Crippen molar-refractivity contribution >= 4 is 53.4 Å². The molecular weight excluding hydrogens is 521 g/mol. The van der Waals surface area contributed by atoms with Gasteiger partial charge in [-0.3, -0.25) is 0 Å². The standard InChI is InChI=1S/C23H31N5OS.HI/c1-2-24-22(25-13-16-30-21-11-4-3-5-12-21)26-18-19-9-8-10-20(17-19)27-23(29)28-14-6-7-15-28;/h3-5,8-12,17H,2,6-7,13-16,18H2,1H3,(H,27,29)(H2,24,25,26);1H. The summed E-state index contributed by atoms with van der Waals surface area (Å²) >= 11 is 1.82. The SMILES string of the molecule is CCNC(=NCc1cccc(NC(=O)N2CCCC2)c1)NCCSc1ccccc1.I. The number of thioether (sulfide) groups is 1. The average molecular weight is 554 g/mol. The van der Waals surface area contributed by atoms with Gasteiger partial charge in [-0.25, -0.2) is 9.79 Å². The van der Waals surface area contributed by atoms with E-state index in [2.05, 4.69) is 52.1 Å². The van der Waals surface area contributed by atoms with E-state index in [1.165, 1.54) is 4.90 Å². The number of aliphatic imine (C=N–C) groups is 1. The first-order valence-electron chi connectivity index (χ1n) is 10.6. The molecule has 1 saturated heterocycles. The number of guanidine groups is 1. The van der Waals surface area contributed by atoms with Crippen LogP contribution in [0.4, 0.5) is 10.5 Å². The maximum Gasteiger partial charge on any atom is 0.321 e. The van der Waals surface area contributed by atoms with Crippen LogP contribution in [0.15, 0.2) is 64.5 Å². The molecular formula is C23H32IN5OS. The summed E-state index contributed by atoms with van der Waals surface area (Å²) in [5.41, 5.74) is 1.88. The zero-order chi connectivity index (χ0) is 21.0. The Labute approximate surface area is 206 Å². The number of nitrogens with zero attached hydrogens (tertiary/aromatic N) is 2. The molecule has 2 amide bonds. The molecule has 8 heteroatoms. The Morgan fingerprint density at radius 1 is 1.06 bits per heavy atom. The van der Waals surface area contributed by atoms with Crippen molar-refractivity contribution in [3.8, 4) is 0 Å². The second-order valence-corrected chi connectivity index (χ2v) is 8.28. The summed E-state index contributed by atoms with van der Waals surface area (Å²) in [6, 6.07) is 18.3. The summed E-state index contributed by atoms with van der Waals surface area (Å²) < 4.78 is 0. The van der Waals surface area contributed by atoms with E-state index < -0.39 is 0 Å². The maximum absolute atomic E-state index is 12.3. The van der Waals surface area contributed by atoms with E-state index in [-0.39, 0.29) is 30.0 Å². The van der Waals surface area contributed by atoms with Crippen molar-refractivity contribution in [3.63, 3.8) is 0 Å². The summed E-state index contributed by atoms with van der Waals surface area (Å²) in [5.74, 6) is 1.77. The average Bonchev–Trinajstić information content (AvgIpc) is 3.31. The van der Waals surface area contributed by atoms with Gasteiger partial charge in [-0.2, -0.15) is 0 Å². The highest BCUT2D eigenvalue weighted by Gasteiger charge is 2.17. The van der Waals surface area contributed by atoms with Gasteiger partial charge in [0, 0.05) is 42.5 Å². The normalized spacial score (nSPS) is 13.5. The van der Waals surface area contributed by atoms with Crippen LogP contribution < -0.4 is 16.0 Å². The summed E-state index contributed by atoms with van der Waals surface area (Å²) in [6.07, 6.45) is 2.18. The van der Waals surface area contributed by atoms with Gasteiger partial charge in [0.1, 0.15) is 0 Å². The highest BCUT2D eigenvalue weighted by Crippen LogP contribution is 2.16. The van der Waals surface area contributed by atoms with Crippen LogP contribution in [-0.2, 0) is 6.54 Å².